The number of amides is 1. The van der Waals surface area contributed by atoms with Crippen molar-refractivity contribution in [1.29, 1.82) is 0 Å². The molecule has 1 heterocycles. The Morgan fingerprint density at radius 1 is 1.47 bits per heavy atom. The number of thioether (sulfide) groups is 1. The van der Waals surface area contributed by atoms with E-state index in [4.69, 9.17) is 17.3 Å². The molecule has 2 rings (SSSR count). The van der Waals surface area contributed by atoms with Gasteiger partial charge in [-0.05, 0) is 18.2 Å². The van der Waals surface area contributed by atoms with E-state index in [2.05, 4.69) is 15.5 Å². The van der Waals surface area contributed by atoms with Crippen LogP contribution >= 0.6 is 34.7 Å². The van der Waals surface area contributed by atoms with Gasteiger partial charge in [-0.15, -0.1) is 10.2 Å². The molecule has 19 heavy (non-hydrogen) atoms. The summed E-state index contributed by atoms with van der Waals surface area (Å²) in [5.41, 5.74) is 6.16. The first-order chi connectivity index (χ1) is 9.13. The number of carbonyl (C=O) groups is 1. The van der Waals surface area contributed by atoms with E-state index in [1.807, 2.05) is 0 Å². The lowest BCUT2D eigenvalue weighted by atomic mass is 10.3. The second-order valence-electron chi connectivity index (χ2n) is 3.56. The van der Waals surface area contributed by atoms with Crippen molar-refractivity contribution in [3.63, 3.8) is 0 Å². The van der Waals surface area contributed by atoms with Crippen LogP contribution in [0.1, 0.15) is 6.42 Å². The Morgan fingerprint density at radius 3 is 3.00 bits per heavy atom. The molecule has 2 aromatic rings. The van der Waals surface area contributed by atoms with E-state index in [1.165, 1.54) is 23.1 Å². The molecule has 0 aliphatic rings. The Labute approximate surface area is 123 Å². The number of nitrogens with one attached hydrogen (secondary N) is 1. The first-order valence-electron chi connectivity index (χ1n) is 5.40. The maximum absolute atomic E-state index is 11.7. The smallest absolute Gasteiger partial charge is 0.225 e. The number of aromatic nitrogens is 2. The molecule has 0 bridgehead atoms. The fourth-order valence-electron chi connectivity index (χ4n) is 1.30. The number of nitrogen functional groups attached to an aromatic ring is 1. The summed E-state index contributed by atoms with van der Waals surface area (Å²) < 4.78 is 0.771. The number of hydrogen-bond acceptors (Lipinski definition) is 6. The Hall–Kier alpha value is -1.31. The molecule has 1 aromatic heterocycles. The summed E-state index contributed by atoms with van der Waals surface area (Å²) >= 11 is 8.61. The molecule has 8 heteroatoms. The summed E-state index contributed by atoms with van der Waals surface area (Å²) in [4.78, 5) is 11.7. The van der Waals surface area contributed by atoms with Crippen molar-refractivity contribution in [2.45, 2.75) is 10.8 Å². The summed E-state index contributed by atoms with van der Waals surface area (Å²) in [6.45, 7) is 0. The molecule has 0 atom stereocenters. The number of hydrogen-bond donors (Lipinski definition) is 2. The number of halogens is 1. The molecule has 0 aliphatic heterocycles. The van der Waals surface area contributed by atoms with Gasteiger partial charge in [-0.1, -0.05) is 40.8 Å². The van der Waals surface area contributed by atoms with Crippen molar-refractivity contribution >= 4 is 51.4 Å². The van der Waals surface area contributed by atoms with Gasteiger partial charge in [-0.3, -0.25) is 4.79 Å². The molecular formula is C11H11ClN4OS2. The van der Waals surface area contributed by atoms with E-state index in [-0.39, 0.29) is 5.91 Å². The highest BCUT2D eigenvalue weighted by Crippen LogP contribution is 2.24. The van der Waals surface area contributed by atoms with Gasteiger partial charge in [-0.2, -0.15) is 0 Å². The average molecular weight is 315 g/mol. The normalized spacial score (nSPS) is 10.4. The topological polar surface area (TPSA) is 80.9 Å². The maximum Gasteiger partial charge on any atom is 0.225 e. The zero-order valence-electron chi connectivity index (χ0n) is 9.80. The fourth-order valence-corrected chi connectivity index (χ4v) is 3.13. The van der Waals surface area contributed by atoms with Crippen LogP contribution in [0.4, 0.5) is 10.8 Å². The van der Waals surface area contributed by atoms with E-state index in [1.54, 1.807) is 24.3 Å². The van der Waals surface area contributed by atoms with E-state index in [0.717, 1.165) is 4.34 Å². The molecule has 0 unspecified atom stereocenters. The summed E-state index contributed by atoms with van der Waals surface area (Å²) in [6, 6.07) is 7.05. The summed E-state index contributed by atoms with van der Waals surface area (Å²) in [5, 5.41) is 11.4. The predicted molar refractivity (Wildman–Crippen MR) is 79.7 cm³/mol. The molecule has 1 aromatic carbocycles. The summed E-state index contributed by atoms with van der Waals surface area (Å²) in [5.74, 6) is 0.563. The first-order valence-corrected chi connectivity index (χ1v) is 7.59. The first kappa shape index (κ1) is 14.1. The van der Waals surface area contributed by atoms with Crippen LogP contribution in [0.25, 0.3) is 0 Å². The van der Waals surface area contributed by atoms with Crippen molar-refractivity contribution in [1.82, 2.24) is 10.2 Å². The van der Waals surface area contributed by atoms with Crippen molar-refractivity contribution in [2.75, 3.05) is 16.8 Å². The van der Waals surface area contributed by atoms with Gasteiger partial charge in [-0.25, -0.2) is 0 Å². The van der Waals surface area contributed by atoms with E-state index < -0.39 is 0 Å². The Morgan fingerprint density at radius 2 is 2.32 bits per heavy atom. The molecule has 0 saturated heterocycles. The van der Waals surface area contributed by atoms with Gasteiger partial charge in [0.1, 0.15) is 0 Å². The Bertz CT molecular complexity index is 575. The molecule has 3 N–H and O–H groups in total. The molecule has 0 aliphatic carbocycles. The number of anilines is 2. The molecule has 0 saturated carbocycles. The highest BCUT2D eigenvalue weighted by atomic mass is 35.5. The highest BCUT2D eigenvalue weighted by Gasteiger charge is 2.06. The largest absolute Gasteiger partial charge is 0.374 e. The quantitative estimate of drug-likeness (QED) is 0.829. The molecule has 5 nitrogen and oxygen atoms in total. The SMILES string of the molecule is Nc1nnc(SCCC(=O)Nc2cccc(Cl)c2)s1. The van der Waals surface area contributed by atoms with Gasteiger partial charge < -0.3 is 11.1 Å². The standard InChI is InChI=1S/C11H11ClN4OS2/c12-7-2-1-3-8(6-7)14-9(17)4-5-18-11-16-15-10(13)19-11/h1-3,6H,4-5H2,(H2,13,15)(H,14,17). The zero-order valence-corrected chi connectivity index (χ0v) is 12.2. The fraction of sp³-hybridized carbons (Fsp3) is 0.182. The number of carbonyl (C=O) groups excluding carboxylic acids is 1. The summed E-state index contributed by atoms with van der Waals surface area (Å²) in [7, 11) is 0. The van der Waals surface area contributed by atoms with Crippen molar-refractivity contribution in [2.24, 2.45) is 0 Å². The molecule has 0 fully saturated rings. The lowest BCUT2D eigenvalue weighted by Crippen LogP contribution is -2.11. The number of rotatable bonds is 5. The van der Waals surface area contributed by atoms with Crippen LogP contribution in [0.2, 0.25) is 5.02 Å². The van der Waals surface area contributed by atoms with Crippen LogP contribution in [-0.4, -0.2) is 21.9 Å². The minimum absolute atomic E-state index is 0.0627. The second kappa shape index (κ2) is 6.74. The minimum atomic E-state index is -0.0627. The van der Waals surface area contributed by atoms with Gasteiger partial charge in [0.15, 0.2) is 4.34 Å². The number of nitrogens with zero attached hydrogens (tertiary/aromatic N) is 2. The van der Waals surface area contributed by atoms with Crippen LogP contribution in [0.15, 0.2) is 28.6 Å². The third-order valence-electron chi connectivity index (χ3n) is 2.09. The van der Waals surface area contributed by atoms with Crippen LogP contribution in [0, 0.1) is 0 Å². The van der Waals surface area contributed by atoms with Crippen LogP contribution in [0.3, 0.4) is 0 Å². The van der Waals surface area contributed by atoms with Gasteiger partial charge in [0.05, 0.1) is 0 Å². The van der Waals surface area contributed by atoms with E-state index >= 15 is 0 Å². The third-order valence-corrected chi connectivity index (χ3v) is 4.21. The van der Waals surface area contributed by atoms with E-state index in [0.29, 0.717) is 28.0 Å². The molecule has 100 valence electrons. The van der Waals surface area contributed by atoms with Crippen molar-refractivity contribution in [3.8, 4) is 0 Å². The van der Waals surface area contributed by atoms with Crippen LogP contribution < -0.4 is 11.1 Å². The molecular weight excluding hydrogens is 304 g/mol. The maximum atomic E-state index is 11.7. The minimum Gasteiger partial charge on any atom is -0.374 e. The van der Waals surface area contributed by atoms with Crippen molar-refractivity contribution < 1.29 is 4.79 Å². The zero-order chi connectivity index (χ0) is 13.7. The molecule has 1 amide bonds. The van der Waals surface area contributed by atoms with Crippen LogP contribution in [0.5, 0.6) is 0 Å². The second-order valence-corrected chi connectivity index (χ2v) is 6.35. The lowest BCUT2D eigenvalue weighted by Gasteiger charge is -2.04. The predicted octanol–water partition coefficient (Wildman–Crippen LogP) is 2.89. The third kappa shape index (κ3) is 4.70. The van der Waals surface area contributed by atoms with Gasteiger partial charge in [0.2, 0.25) is 11.0 Å². The molecule has 0 radical (unpaired) electrons. The Kier molecular flexibility index (Phi) is 5.00. The lowest BCUT2D eigenvalue weighted by molar-refractivity contribution is -0.115. The van der Waals surface area contributed by atoms with E-state index in [9.17, 15) is 4.79 Å². The average Bonchev–Trinajstić information content (AvgIpc) is 2.75. The van der Waals surface area contributed by atoms with Crippen molar-refractivity contribution in [3.05, 3.63) is 29.3 Å². The van der Waals surface area contributed by atoms with Crippen LogP contribution in [-0.2, 0) is 4.79 Å². The van der Waals surface area contributed by atoms with Gasteiger partial charge >= 0.3 is 0 Å². The number of benzene rings is 1. The van der Waals surface area contributed by atoms with Gasteiger partial charge in [0.25, 0.3) is 0 Å². The molecule has 0 spiro atoms. The Balaban J connectivity index is 1.76. The number of nitrogens with two attached hydrogens (primary N) is 1. The summed E-state index contributed by atoms with van der Waals surface area (Å²) in [6.07, 6.45) is 0.386. The monoisotopic (exact) mass is 314 g/mol. The highest BCUT2D eigenvalue weighted by molar-refractivity contribution is 8.01. The van der Waals surface area contributed by atoms with Gasteiger partial charge in [0, 0.05) is 22.9 Å².